The molecule has 0 aromatic carbocycles. The van der Waals surface area contributed by atoms with Gasteiger partial charge in [-0.25, -0.2) is 0 Å². The molecule has 150 valence electrons. The number of hydrogen-bond acceptors (Lipinski definition) is 3. The average molecular weight is 390 g/mol. The lowest BCUT2D eigenvalue weighted by atomic mass is 9.44. The van der Waals surface area contributed by atoms with Gasteiger partial charge in [-0.2, -0.15) is 5.10 Å². The van der Waals surface area contributed by atoms with Gasteiger partial charge in [-0.1, -0.05) is 19.9 Å². The first kappa shape index (κ1) is 19.4. The second kappa shape index (κ2) is 6.84. The van der Waals surface area contributed by atoms with E-state index in [0.717, 1.165) is 42.2 Å². The summed E-state index contributed by atoms with van der Waals surface area (Å²) in [6, 6.07) is 0. The third-order valence-electron chi connectivity index (χ3n) is 8.94. The number of aliphatic hydroxyl groups is 1. The largest absolute Gasteiger partial charge is 0.393 e. The Morgan fingerprint density at radius 2 is 2.00 bits per heavy atom. The number of fused-ring (bicyclic) bond motifs is 5. The van der Waals surface area contributed by atoms with E-state index in [1.54, 1.807) is 0 Å². The molecule has 3 saturated carbocycles. The number of allylic oxidation sites excluding steroid dienone is 2. The minimum absolute atomic E-state index is 0.0618. The summed E-state index contributed by atoms with van der Waals surface area (Å²) in [4.78, 5) is 0. The van der Waals surface area contributed by atoms with Crippen molar-refractivity contribution in [3.8, 4) is 0 Å². The zero-order chi connectivity index (χ0) is 19.4. The van der Waals surface area contributed by atoms with Gasteiger partial charge in [0.05, 0.1) is 11.8 Å². The lowest BCUT2D eigenvalue weighted by molar-refractivity contribution is -0.117. The molecule has 7 atom stereocenters. The number of hydrogen-bond donors (Lipinski definition) is 3. The number of nitrogens with two attached hydrogens (primary N) is 1. The zero-order valence-corrected chi connectivity index (χ0v) is 17.8. The van der Waals surface area contributed by atoms with E-state index in [-0.39, 0.29) is 16.6 Å². The summed E-state index contributed by atoms with van der Waals surface area (Å²) in [6.07, 6.45) is 12.0. The van der Waals surface area contributed by atoms with Gasteiger partial charge in [0.25, 0.3) is 0 Å². The van der Waals surface area contributed by atoms with Gasteiger partial charge in [-0.05, 0) is 111 Å². The van der Waals surface area contributed by atoms with Crippen LogP contribution < -0.4 is 11.2 Å². The van der Waals surface area contributed by atoms with E-state index in [2.05, 4.69) is 37.4 Å². The Morgan fingerprint density at radius 3 is 2.74 bits per heavy atom. The van der Waals surface area contributed by atoms with Crippen LogP contribution in [0.5, 0.6) is 0 Å². The van der Waals surface area contributed by atoms with Crippen molar-refractivity contribution in [3.05, 3.63) is 11.6 Å². The van der Waals surface area contributed by atoms with Crippen molar-refractivity contribution < 1.29 is 5.11 Å². The van der Waals surface area contributed by atoms with Crippen LogP contribution >= 0.6 is 12.2 Å². The molecular weight excluding hydrogens is 354 g/mol. The predicted octanol–water partition coefficient (Wildman–Crippen LogP) is 4.14. The number of thiocarbonyl (C=S) groups is 1. The molecule has 4 N–H and O–H groups in total. The van der Waals surface area contributed by atoms with Crippen molar-refractivity contribution in [1.29, 1.82) is 0 Å². The van der Waals surface area contributed by atoms with Crippen molar-refractivity contribution >= 4 is 23.0 Å². The molecule has 0 radical (unpaired) electrons. The zero-order valence-electron chi connectivity index (χ0n) is 17.0. The number of aliphatic hydroxyl groups excluding tert-OH is 1. The summed E-state index contributed by atoms with van der Waals surface area (Å²) in [5.41, 5.74) is 11.4. The molecule has 0 aromatic heterocycles. The fraction of sp³-hybridized carbons (Fsp3) is 0.818. The highest BCUT2D eigenvalue weighted by Crippen LogP contribution is 2.66. The van der Waals surface area contributed by atoms with Gasteiger partial charge >= 0.3 is 0 Å². The summed E-state index contributed by atoms with van der Waals surface area (Å²) >= 11 is 4.90. The standard InChI is InChI=1S/C22H35N3OS/c1-13(24-25-20(23)27)17-6-7-18-16-5-4-14-12-15(26)8-10-21(14,2)19(16)9-11-22(17,18)3/h6,14-16,18-19,26H,4-5,7-12H2,1-3H3,(H3,23,25,27)/t14-,15-,16+,18-,19-,21-,22+/m0/s1. The van der Waals surface area contributed by atoms with Crippen LogP contribution in [-0.4, -0.2) is 22.0 Å². The average Bonchev–Trinajstić information content (AvgIpc) is 2.97. The van der Waals surface area contributed by atoms with E-state index in [1.165, 1.54) is 44.1 Å². The molecule has 0 heterocycles. The fourth-order valence-electron chi connectivity index (χ4n) is 7.56. The number of nitrogens with one attached hydrogen (secondary N) is 1. The van der Waals surface area contributed by atoms with Crippen molar-refractivity contribution in [3.63, 3.8) is 0 Å². The van der Waals surface area contributed by atoms with Crippen LogP contribution in [0.4, 0.5) is 0 Å². The Hall–Kier alpha value is -0.940. The molecule has 4 rings (SSSR count). The van der Waals surface area contributed by atoms with E-state index in [9.17, 15) is 5.11 Å². The van der Waals surface area contributed by atoms with E-state index >= 15 is 0 Å². The lowest BCUT2D eigenvalue weighted by Crippen LogP contribution is -2.53. The summed E-state index contributed by atoms with van der Waals surface area (Å²) in [5, 5.41) is 14.9. The third kappa shape index (κ3) is 3.05. The second-order valence-corrected chi connectivity index (χ2v) is 10.5. The molecule has 0 bridgehead atoms. The molecule has 4 aliphatic rings. The van der Waals surface area contributed by atoms with Crippen molar-refractivity contribution in [1.82, 2.24) is 5.43 Å². The minimum atomic E-state index is -0.0618. The van der Waals surface area contributed by atoms with Gasteiger partial charge in [-0.3, -0.25) is 5.43 Å². The Kier molecular flexibility index (Phi) is 4.91. The first-order chi connectivity index (χ1) is 12.8. The molecule has 0 saturated heterocycles. The minimum Gasteiger partial charge on any atom is -0.393 e. The van der Waals surface area contributed by atoms with Crippen molar-refractivity contribution in [2.75, 3.05) is 0 Å². The molecule has 0 unspecified atom stereocenters. The third-order valence-corrected chi connectivity index (χ3v) is 9.03. The van der Waals surface area contributed by atoms with Gasteiger partial charge in [0.15, 0.2) is 5.11 Å². The van der Waals surface area contributed by atoms with Crippen LogP contribution in [0.1, 0.15) is 72.1 Å². The first-order valence-electron chi connectivity index (χ1n) is 10.7. The summed E-state index contributed by atoms with van der Waals surface area (Å²) in [6.45, 7) is 7.09. The van der Waals surface area contributed by atoms with Crippen LogP contribution in [0.25, 0.3) is 0 Å². The number of nitrogens with zero attached hydrogens (tertiary/aromatic N) is 1. The quantitative estimate of drug-likeness (QED) is 0.377. The molecule has 4 aliphatic carbocycles. The first-order valence-corrected chi connectivity index (χ1v) is 11.2. The van der Waals surface area contributed by atoms with E-state index in [4.69, 9.17) is 18.0 Å². The van der Waals surface area contributed by atoms with Gasteiger partial charge in [-0.15, -0.1) is 0 Å². The molecule has 27 heavy (non-hydrogen) atoms. The maximum atomic E-state index is 10.2. The Labute approximate surface area is 169 Å². The summed E-state index contributed by atoms with van der Waals surface area (Å²) in [7, 11) is 0. The molecule has 0 aromatic rings. The highest BCUT2D eigenvalue weighted by atomic mass is 32.1. The van der Waals surface area contributed by atoms with Gasteiger partial charge in [0, 0.05) is 0 Å². The monoisotopic (exact) mass is 389 g/mol. The molecule has 0 spiro atoms. The summed E-state index contributed by atoms with van der Waals surface area (Å²) < 4.78 is 0. The van der Waals surface area contributed by atoms with E-state index in [0.29, 0.717) is 5.41 Å². The second-order valence-electron chi connectivity index (χ2n) is 10.1. The van der Waals surface area contributed by atoms with Gasteiger partial charge in [0.1, 0.15) is 0 Å². The van der Waals surface area contributed by atoms with Crippen LogP contribution in [0, 0.1) is 34.5 Å². The Bertz CT molecular complexity index is 689. The molecule has 4 nitrogen and oxygen atoms in total. The normalized spacial score (nSPS) is 46.7. The molecule has 0 amide bonds. The Morgan fingerprint density at radius 1 is 1.22 bits per heavy atom. The molecule has 3 fully saturated rings. The van der Waals surface area contributed by atoms with Crippen molar-refractivity contribution in [2.45, 2.75) is 78.2 Å². The van der Waals surface area contributed by atoms with E-state index < -0.39 is 0 Å². The van der Waals surface area contributed by atoms with Gasteiger partial charge < -0.3 is 10.8 Å². The predicted molar refractivity (Wildman–Crippen MR) is 114 cm³/mol. The van der Waals surface area contributed by atoms with Crippen LogP contribution in [0.2, 0.25) is 0 Å². The van der Waals surface area contributed by atoms with Crippen LogP contribution in [0.15, 0.2) is 16.8 Å². The number of rotatable bonds is 2. The van der Waals surface area contributed by atoms with Crippen molar-refractivity contribution in [2.24, 2.45) is 45.3 Å². The van der Waals surface area contributed by atoms with Crippen LogP contribution in [-0.2, 0) is 0 Å². The highest BCUT2D eigenvalue weighted by molar-refractivity contribution is 7.80. The molecular formula is C22H35N3OS. The smallest absolute Gasteiger partial charge is 0.184 e. The highest BCUT2D eigenvalue weighted by Gasteiger charge is 2.58. The topological polar surface area (TPSA) is 70.6 Å². The Balaban J connectivity index is 1.56. The maximum Gasteiger partial charge on any atom is 0.184 e. The van der Waals surface area contributed by atoms with Gasteiger partial charge in [0.2, 0.25) is 0 Å². The maximum absolute atomic E-state index is 10.2. The molecule has 0 aliphatic heterocycles. The fourth-order valence-corrected chi connectivity index (χ4v) is 7.61. The van der Waals surface area contributed by atoms with E-state index in [1.807, 2.05) is 0 Å². The SMILES string of the molecule is CC(=NNC(N)=S)C1=CC[C@H]2[C@H]3CC[C@H]4C[C@@H](O)CC[C@]4(C)[C@H]3CC[C@]12C. The lowest BCUT2D eigenvalue weighted by Gasteiger charge is -2.60. The van der Waals surface area contributed by atoms with Crippen LogP contribution in [0.3, 0.4) is 0 Å². The molecule has 5 heteroatoms. The summed E-state index contributed by atoms with van der Waals surface area (Å²) in [5.74, 6) is 3.08. The number of hydrazone groups is 1.